The normalized spacial score (nSPS) is 10.7. The summed E-state index contributed by atoms with van der Waals surface area (Å²) >= 11 is 0. The zero-order valence-electron chi connectivity index (χ0n) is 10.5. The highest BCUT2D eigenvalue weighted by Gasteiger charge is 2.14. The van der Waals surface area contributed by atoms with E-state index in [9.17, 15) is 14.9 Å². The average Bonchev–Trinajstić information content (AvgIpc) is 3.11. The maximum absolute atomic E-state index is 11.3. The molecule has 3 aromatic heterocycles. The summed E-state index contributed by atoms with van der Waals surface area (Å²) in [7, 11) is 0. The molecule has 0 fully saturated rings. The van der Waals surface area contributed by atoms with Crippen molar-refractivity contribution in [2.75, 3.05) is 0 Å². The fourth-order valence-electron chi connectivity index (χ4n) is 1.73. The number of pyridine rings is 1. The number of hydrogen-bond donors (Lipinski definition) is 0. The summed E-state index contributed by atoms with van der Waals surface area (Å²) in [6, 6.07) is 2.80. The fraction of sp³-hybridized carbons (Fsp3) is 0.0833. The first-order valence-electron chi connectivity index (χ1n) is 5.83. The molecule has 0 spiro atoms. The smallest absolute Gasteiger partial charge is 0.332 e. The van der Waals surface area contributed by atoms with Gasteiger partial charge in [0.15, 0.2) is 0 Å². The Kier molecular flexibility index (Phi) is 3.07. The van der Waals surface area contributed by atoms with Gasteiger partial charge >= 0.3 is 5.69 Å². The Labute approximate surface area is 116 Å². The minimum absolute atomic E-state index is 0.117. The maximum Gasteiger partial charge on any atom is 0.332 e. The van der Waals surface area contributed by atoms with E-state index in [1.807, 2.05) is 0 Å². The zero-order chi connectivity index (χ0) is 14.8. The molecule has 0 radical (unpaired) electrons. The molecule has 0 aliphatic heterocycles. The van der Waals surface area contributed by atoms with Crippen molar-refractivity contribution in [1.82, 2.24) is 14.7 Å². The molecule has 0 bridgehead atoms. The minimum atomic E-state index is -0.733. The minimum Gasteiger partial charge on any atom is -0.472 e. The molecule has 0 aliphatic carbocycles. The van der Waals surface area contributed by atoms with Gasteiger partial charge in [0.1, 0.15) is 12.8 Å². The van der Waals surface area contributed by atoms with Crippen LogP contribution in [-0.2, 0) is 6.54 Å². The van der Waals surface area contributed by atoms with Gasteiger partial charge < -0.3 is 13.5 Å². The monoisotopic (exact) mass is 288 g/mol. The molecule has 0 atom stereocenters. The van der Waals surface area contributed by atoms with Crippen LogP contribution in [0, 0.1) is 10.1 Å². The van der Waals surface area contributed by atoms with E-state index in [0.29, 0.717) is 11.4 Å². The van der Waals surface area contributed by atoms with Gasteiger partial charge in [-0.2, -0.15) is 4.98 Å². The third-order valence-electron chi connectivity index (χ3n) is 2.72. The molecule has 21 heavy (non-hydrogen) atoms. The molecule has 0 saturated carbocycles. The largest absolute Gasteiger partial charge is 0.472 e. The van der Waals surface area contributed by atoms with Crippen molar-refractivity contribution < 1.29 is 13.9 Å². The van der Waals surface area contributed by atoms with E-state index < -0.39 is 16.0 Å². The van der Waals surface area contributed by atoms with Crippen molar-refractivity contribution in [2.24, 2.45) is 0 Å². The lowest BCUT2D eigenvalue weighted by Crippen LogP contribution is -2.11. The summed E-state index contributed by atoms with van der Waals surface area (Å²) in [5.74, 6) is 0.610. The predicted molar refractivity (Wildman–Crippen MR) is 68.5 cm³/mol. The van der Waals surface area contributed by atoms with Crippen LogP contribution in [0.15, 0.2) is 50.8 Å². The van der Waals surface area contributed by atoms with Crippen LogP contribution in [0.25, 0.3) is 11.4 Å². The summed E-state index contributed by atoms with van der Waals surface area (Å²) in [6.07, 6.45) is 5.50. The van der Waals surface area contributed by atoms with Crippen molar-refractivity contribution in [2.45, 2.75) is 6.54 Å². The van der Waals surface area contributed by atoms with Crippen LogP contribution in [0.3, 0.4) is 0 Å². The first-order chi connectivity index (χ1) is 10.1. The standard InChI is InChI=1S/C12H8N4O5/c17-10-1-3-15(5-9(10)16(18)19)6-11-13-12(14-21-11)8-2-4-20-7-8/h1-5,7H,6H2. The first-order valence-corrected chi connectivity index (χ1v) is 5.83. The Morgan fingerprint density at radius 3 is 2.95 bits per heavy atom. The van der Waals surface area contributed by atoms with E-state index in [0.717, 1.165) is 12.3 Å². The molecule has 0 unspecified atom stereocenters. The van der Waals surface area contributed by atoms with E-state index in [1.165, 1.54) is 23.3 Å². The van der Waals surface area contributed by atoms with Gasteiger partial charge in [0.2, 0.25) is 11.7 Å². The van der Waals surface area contributed by atoms with Gasteiger partial charge in [-0.15, -0.1) is 0 Å². The van der Waals surface area contributed by atoms with Gasteiger partial charge in [-0.1, -0.05) is 5.16 Å². The second kappa shape index (κ2) is 5.04. The highest BCUT2D eigenvalue weighted by atomic mass is 16.6. The van der Waals surface area contributed by atoms with Crippen LogP contribution in [0.4, 0.5) is 5.69 Å². The summed E-state index contributed by atoms with van der Waals surface area (Å²) < 4.78 is 11.4. The van der Waals surface area contributed by atoms with Gasteiger partial charge in [-0.25, -0.2) is 0 Å². The van der Waals surface area contributed by atoms with Crippen LogP contribution in [0.2, 0.25) is 0 Å². The Hall–Kier alpha value is -3.23. The lowest BCUT2D eigenvalue weighted by atomic mass is 10.3. The topological polar surface area (TPSA) is 117 Å². The van der Waals surface area contributed by atoms with Crippen molar-refractivity contribution in [3.63, 3.8) is 0 Å². The quantitative estimate of drug-likeness (QED) is 0.526. The van der Waals surface area contributed by atoms with Crippen LogP contribution in [-0.4, -0.2) is 19.6 Å². The lowest BCUT2D eigenvalue weighted by molar-refractivity contribution is -0.386. The van der Waals surface area contributed by atoms with E-state index >= 15 is 0 Å². The molecule has 0 amide bonds. The van der Waals surface area contributed by atoms with Crippen molar-refractivity contribution in [1.29, 1.82) is 0 Å². The Balaban J connectivity index is 1.86. The Morgan fingerprint density at radius 1 is 1.38 bits per heavy atom. The molecular formula is C12H8N4O5. The molecule has 9 heteroatoms. The van der Waals surface area contributed by atoms with Crippen molar-refractivity contribution in [3.8, 4) is 11.4 Å². The van der Waals surface area contributed by atoms with Crippen molar-refractivity contribution in [3.05, 3.63) is 63.3 Å². The highest BCUT2D eigenvalue weighted by Crippen LogP contribution is 2.16. The first kappa shape index (κ1) is 12.8. The number of nitrogens with zero attached hydrogens (tertiary/aromatic N) is 4. The van der Waals surface area contributed by atoms with E-state index in [1.54, 1.807) is 6.07 Å². The third kappa shape index (κ3) is 2.56. The van der Waals surface area contributed by atoms with Gasteiger partial charge in [0.05, 0.1) is 22.9 Å². The summed E-state index contributed by atoms with van der Waals surface area (Å²) in [5.41, 5.74) is -0.496. The van der Waals surface area contributed by atoms with Crippen LogP contribution in [0.5, 0.6) is 0 Å². The summed E-state index contributed by atoms with van der Waals surface area (Å²) in [6.45, 7) is 0.117. The summed E-state index contributed by atoms with van der Waals surface area (Å²) in [4.78, 5) is 25.4. The molecule has 3 rings (SSSR count). The lowest BCUT2D eigenvalue weighted by Gasteiger charge is -2.01. The molecule has 0 aliphatic rings. The van der Waals surface area contributed by atoms with E-state index in [-0.39, 0.29) is 12.4 Å². The molecule has 0 saturated heterocycles. The molecule has 3 heterocycles. The Bertz CT molecular complexity index is 833. The van der Waals surface area contributed by atoms with Crippen molar-refractivity contribution >= 4 is 5.69 Å². The third-order valence-corrected chi connectivity index (χ3v) is 2.72. The van der Waals surface area contributed by atoms with Gasteiger partial charge in [0.25, 0.3) is 5.43 Å². The number of furan rings is 1. The molecule has 3 aromatic rings. The number of nitro groups is 1. The Morgan fingerprint density at radius 2 is 2.24 bits per heavy atom. The highest BCUT2D eigenvalue weighted by molar-refractivity contribution is 5.51. The van der Waals surface area contributed by atoms with E-state index in [4.69, 9.17) is 8.94 Å². The molecule has 0 aromatic carbocycles. The zero-order valence-corrected chi connectivity index (χ0v) is 10.5. The molecule has 106 valence electrons. The van der Waals surface area contributed by atoms with Crippen LogP contribution in [0.1, 0.15) is 5.89 Å². The second-order valence-corrected chi connectivity index (χ2v) is 4.15. The maximum atomic E-state index is 11.3. The van der Waals surface area contributed by atoms with Crippen LogP contribution >= 0.6 is 0 Å². The van der Waals surface area contributed by atoms with Gasteiger partial charge in [-0.05, 0) is 6.07 Å². The SMILES string of the molecule is O=c1ccn(Cc2nc(-c3ccoc3)no2)cc1[N+](=O)[O-]. The average molecular weight is 288 g/mol. The van der Waals surface area contributed by atoms with Gasteiger partial charge in [0, 0.05) is 12.3 Å². The predicted octanol–water partition coefficient (Wildman–Crippen LogP) is 1.45. The molecular weight excluding hydrogens is 280 g/mol. The van der Waals surface area contributed by atoms with Gasteiger partial charge in [-0.3, -0.25) is 14.9 Å². The molecule has 9 nitrogen and oxygen atoms in total. The number of hydrogen-bond acceptors (Lipinski definition) is 7. The van der Waals surface area contributed by atoms with E-state index in [2.05, 4.69) is 10.1 Å². The molecule has 0 N–H and O–H groups in total. The summed E-state index contributed by atoms with van der Waals surface area (Å²) in [5, 5.41) is 14.5. The number of rotatable bonds is 4. The number of aromatic nitrogens is 3. The second-order valence-electron chi connectivity index (χ2n) is 4.15. The van der Waals surface area contributed by atoms with Crippen LogP contribution < -0.4 is 5.43 Å². The fourth-order valence-corrected chi connectivity index (χ4v) is 1.73.